The van der Waals surface area contributed by atoms with Gasteiger partial charge in [-0.1, -0.05) is 72.8 Å². The lowest BCUT2D eigenvalue weighted by molar-refractivity contribution is -0.0288. The van der Waals surface area contributed by atoms with Gasteiger partial charge in [0.25, 0.3) is 10.0 Å². The number of hydrogen-bond acceptors (Lipinski definition) is 8. The van der Waals surface area contributed by atoms with Crippen LogP contribution in [0.3, 0.4) is 0 Å². The van der Waals surface area contributed by atoms with Crippen LogP contribution in [0.25, 0.3) is 11.1 Å². The van der Waals surface area contributed by atoms with Crippen LogP contribution in [-0.2, 0) is 21.2 Å². The molecule has 1 aliphatic rings. The highest BCUT2D eigenvalue weighted by molar-refractivity contribution is 7.99. The van der Waals surface area contributed by atoms with Gasteiger partial charge in [-0.15, -0.1) is 21.1 Å². The minimum atomic E-state index is -4.20. The van der Waals surface area contributed by atoms with Gasteiger partial charge in [0, 0.05) is 55.1 Å². The van der Waals surface area contributed by atoms with Gasteiger partial charge >= 0.3 is 0 Å². The van der Waals surface area contributed by atoms with Crippen molar-refractivity contribution in [1.29, 1.82) is 0 Å². The van der Waals surface area contributed by atoms with Gasteiger partial charge in [-0.3, -0.25) is 0 Å². The molecule has 51 heavy (non-hydrogen) atoms. The average Bonchev–Trinajstić information content (AvgIpc) is 3.17. The van der Waals surface area contributed by atoms with E-state index in [1.165, 1.54) is 34.9 Å². The number of anilines is 2. The predicted octanol–water partition coefficient (Wildman–Crippen LogP) is 8.28. The summed E-state index contributed by atoms with van der Waals surface area (Å²) in [7, 11) is -2.40. The van der Waals surface area contributed by atoms with Crippen LogP contribution in [0.15, 0.2) is 147 Å². The fourth-order valence-electron chi connectivity index (χ4n) is 6.39. The number of nitrogens with two attached hydrogens (primary N) is 1. The topological polar surface area (TPSA) is 126 Å². The number of hydrogen-bond donors (Lipinski definition) is 2. The van der Waals surface area contributed by atoms with Gasteiger partial charge in [0.2, 0.25) is 0 Å². The second-order valence-electron chi connectivity index (χ2n) is 12.4. The predicted molar refractivity (Wildman–Crippen MR) is 209 cm³/mol. The van der Waals surface area contributed by atoms with Crippen molar-refractivity contribution in [3.63, 3.8) is 0 Å². The Bertz CT molecular complexity index is 2070. The van der Waals surface area contributed by atoms with Crippen LogP contribution in [0.4, 0.5) is 17.1 Å². The van der Waals surface area contributed by atoms with E-state index in [9.17, 15) is 13.3 Å². The monoisotopic (exact) mass is 719 g/mol. The normalized spacial score (nSPS) is 14.6. The summed E-state index contributed by atoms with van der Waals surface area (Å²) in [6.07, 6.45) is 2.53. The lowest BCUT2D eigenvalue weighted by Crippen LogP contribution is -2.47. The van der Waals surface area contributed by atoms with Gasteiger partial charge in [-0.25, -0.2) is 0 Å². The minimum absolute atomic E-state index is 0.0154. The molecule has 0 aromatic heterocycles. The standard InChI is InChI=1S/C40H41N5O4S2/c1-49-40(29-32-12-8-9-15-36(32)30-10-4-2-5-11-30)22-25-45(26-23-40)33-18-16-31(17-19-33)39(41)44-51(47,48)35-20-21-37(38(28-35)43-46)42-24-27-50-34-13-6-3-7-14-34/h2-21,28,42H,22-27,29H2,1H3,(H2,41,44). The van der Waals surface area contributed by atoms with E-state index in [-0.39, 0.29) is 22.0 Å². The van der Waals surface area contributed by atoms with E-state index in [4.69, 9.17) is 10.5 Å². The van der Waals surface area contributed by atoms with Crippen molar-refractivity contribution in [1.82, 2.24) is 0 Å². The molecule has 3 N–H and O–H groups in total. The molecule has 0 radical (unpaired) electrons. The molecule has 1 fully saturated rings. The van der Waals surface area contributed by atoms with Crippen LogP contribution in [0.5, 0.6) is 0 Å². The molecule has 11 heteroatoms. The number of nitroso groups, excluding NO2 is 1. The average molecular weight is 720 g/mol. The van der Waals surface area contributed by atoms with Crippen molar-refractivity contribution in [2.45, 2.75) is 34.7 Å². The first kappa shape index (κ1) is 35.8. The van der Waals surface area contributed by atoms with Crippen molar-refractivity contribution >= 4 is 44.7 Å². The number of thioether (sulfide) groups is 1. The van der Waals surface area contributed by atoms with E-state index in [0.717, 1.165) is 48.7 Å². The number of nitrogens with zero attached hydrogens (tertiary/aromatic N) is 3. The first-order valence-corrected chi connectivity index (χ1v) is 19.3. The summed E-state index contributed by atoms with van der Waals surface area (Å²) in [6.45, 7) is 2.17. The third-order valence-electron chi connectivity index (χ3n) is 9.26. The summed E-state index contributed by atoms with van der Waals surface area (Å²) in [5, 5.41) is 6.21. The van der Waals surface area contributed by atoms with E-state index in [1.807, 2.05) is 48.5 Å². The highest BCUT2D eigenvalue weighted by Crippen LogP contribution is 2.35. The second kappa shape index (κ2) is 16.4. The molecule has 1 aliphatic heterocycles. The number of rotatable bonds is 14. The van der Waals surface area contributed by atoms with Crippen molar-refractivity contribution in [3.8, 4) is 11.1 Å². The van der Waals surface area contributed by atoms with E-state index in [0.29, 0.717) is 17.8 Å². The molecule has 262 valence electrons. The van der Waals surface area contributed by atoms with Crippen molar-refractivity contribution in [2.24, 2.45) is 15.3 Å². The molecule has 5 aromatic rings. The summed E-state index contributed by atoms with van der Waals surface area (Å²) in [4.78, 5) is 14.9. The Morgan fingerprint density at radius 2 is 1.55 bits per heavy atom. The lowest BCUT2D eigenvalue weighted by Gasteiger charge is -2.42. The summed E-state index contributed by atoms with van der Waals surface area (Å²) in [5.41, 5.74) is 11.5. The Kier molecular flexibility index (Phi) is 11.5. The number of sulfonamides is 1. The van der Waals surface area contributed by atoms with Crippen molar-refractivity contribution in [3.05, 3.63) is 143 Å². The molecular weight excluding hydrogens is 679 g/mol. The van der Waals surface area contributed by atoms with Gasteiger partial charge in [-0.2, -0.15) is 8.42 Å². The Morgan fingerprint density at radius 1 is 0.882 bits per heavy atom. The van der Waals surface area contributed by atoms with Crippen LogP contribution in [-0.4, -0.2) is 52.4 Å². The highest BCUT2D eigenvalue weighted by Gasteiger charge is 2.35. The summed E-state index contributed by atoms with van der Waals surface area (Å²) in [5.74, 6) is 0.606. The summed E-state index contributed by atoms with van der Waals surface area (Å²) in [6, 6.07) is 40.5. The minimum Gasteiger partial charge on any atom is -0.383 e. The van der Waals surface area contributed by atoms with Crippen molar-refractivity contribution in [2.75, 3.05) is 42.7 Å². The zero-order chi connectivity index (χ0) is 35.7. The van der Waals surface area contributed by atoms with Gasteiger partial charge in [-0.05, 0) is 89.3 Å². The Hall–Kier alpha value is -4.97. The first-order chi connectivity index (χ1) is 24.8. The van der Waals surface area contributed by atoms with E-state index >= 15 is 0 Å². The largest absolute Gasteiger partial charge is 0.383 e. The molecule has 6 rings (SSSR count). The maximum absolute atomic E-state index is 13.2. The second-order valence-corrected chi connectivity index (χ2v) is 15.2. The van der Waals surface area contributed by atoms with E-state index in [1.54, 1.807) is 31.0 Å². The number of nitrogens with one attached hydrogen (secondary N) is 1. The molecule has 0 unspecified atom stereocenters. The van der Waals surface area contributed by atoms with Gasteiger partial charge in [0.15, 0.2) is 0 Å². The molecule has 5 aromatic carbocycles. The lowest BCUT2D eigenvalue weighted by atomic mass is 9.82. The molecule has 0 amide bonds. The zero-order valence-electron chi connectivity index (χ0n) is 28.4. The summed E-state index contributed by atoms with van der Waals surface area (Å²) < 4.78 is 36.5. The Balaban J connectivity index is 1.07. The Morgan fingerprint density at radius 3 is 2.24 bits per heavy atom. The number of piperidine rings is 1. The molecule has 0 atom stereocenters. The molecule has 0 aliphatic carbocycles. The van der Waals surface area contributed by atoms with E-state index in [2.05, 4.69) is 68.3 Å². The quantitative estimate of drug-likeness (QED) is 0.0386. The smallest absolute Gasteiger partial charge is 0.284 e. The molecule has 9 nitrogen and oxygen atoms in total. The van der Waals surface area contributed by atoms with Gasteiger partial charge in [0.1, 0.15) is 11.5 Å². The number of benzene rings is 5. The van der Waals surface area contributed by atoms with Gasteiger partial charge < -0.3 is 20.7 Å². The maximum atomic E-state index is 13.2. The fraction of sp³-hybridized carbons (Fsp3) is 0.225. The third kappa shape index (κ3) is 8.86. The number of methoxy groups -OCH3 is 1. The third-order valence-corrected chi connectivity index (χ3v) is 11.6. The molecule has 0 saturated carbocycles. The van der Waals surface area contributed by atoms with Crippen molar-refractivity contribution < 1.29 is 13.2 Å². The first-order valence-electron chi connectivity index (χ1n) is 16.8. The summed E-state index contributed by atoms with van der Waals surface area (Å²) >= 11 is 1.67. The van der Waals surface area contributed by atoms with Crippen LogP contribution in [0.2, 0.25) is 0 Å². The van der Waals surface area contributed by atoms with Gasteiger partial charge in [0.05, 0.1) is 16.2 Å². The molecular formula is C40H41N5O4S2. The van der Waals surface area contributed by atoms with E-state index < -0.39 is 10.0 Å². The highest BCUT2D eigenvalue weighted by atomic mass is 32.2. The zero-order valence-corrected chi connectivity index (χ0v) is 30.1. The number of amidine groups is 1. The van der Waals surface area contributed by atoms with Crippen LogP contribution in [0, 0.1) is 4.91 Å². The SMILES string of the molecule is COC1(Cc2ccccc2-c2ccccc2)CCN(c2ccc(C(N)=NS(=O)(=O)c3ccc(NCCSc4ccccc4)c(N=O)c3)cc2)CC1. The maximum Gasteiger partial charge on any atom is 0.284 e. The fourth-order valence-corrected chi connectivity index (χ4v) is 8.15. The number of ether oxygens (including phenoxy) is 1. The van der Waals surface area contributed by atoms with Crippen LogP contribution >= 0.6 is 11.8 Å². The molecule has 1 saturated heterocycles. The molecule has 0 spiro atoms. The van der Waals surface area contributed by atoms with Crippen LogP contribution < -0.4 is 16.0 Å². The molecule has 1 heterocycles. The van der Waals surface area contributed by atoms with Crippen LogP contribution in [0.1, 0.15) is 24.0 Å². The molecule has 0 bridgehead atoms. The Labute approximate surface area is 304 Å².